The van der Waals surface area contributed by atoms with E-state index in [9.17, 15) is 59.4 Å². The van der Waals surface area contributed by atoms with Crippen molar-refractivity contribution in [3.05, 3.63) is 130 Å². The molecule has 0 unspecified atom stereocenters. The van der Waals surface area contributed by atoms with Gasteiger partial charge in [-0.2, -0.15) is 0 Å². The van der Waals surface area contributed by atoms with Gasteiger partial charge in [-0.15, -0.1) is 11.8 Å². The normalized spacial score (nSPS) is 22.4. The molecule has 4 amide bonds. The molecular weight excluding hydrogens is 899 g/mol. The standard InChI is InChI=1S/C44H47N7O15S/c1-25-37-36(26(2)52)41(54)48(37)38(42(55)64-22-28-3-9-31(10-4-28)49(58)59)39(25)67-34-19-35(47(21-34)44(57)66-24-30-7-13-33(14-8-30)51(62)63)40(53)46-18-16-27(20-46)15-17-45-43(56)65-23-29-5-11-32(12-6-29)50(60)61/h3-14,25-27,34-37,52H,15-24H2,1-2H3,(H,45,56)/t25-,26-,27+,34+,35+,36-,37-/m1/s1. The van der Waals surface area contributed by atoms with E-state index in [1.165, 1.54) is 101 Å². The zero-order chi connectivity index (χ0) is 48.1. The van der Waals surface area contributed by atoms with E-state index >= 15 is 0 Å². The Hall–Kier alpha value is -7.14. The van der Waals surface area contributed by atoms with Crippen molar-refractivity contribution in [1.29, 1.82) is 0 Å². The van der Waals surface area contributed by atoms with Crippen LogP contribution >= 0.6 is 11.8 Å². The van der Waals surface area contributed by atoms with Crippen molar-refractivity contribution in [3.8, 4) is 0 Å². The van der Waals surface area contributed by atoms with E-state index in [0.717, 1.165) is 0 Å². The van der Waals surface area contributed by atoms with Crippen LogP contribution in [0.1, 0.15) is 49.8 Å². The van der Waals surface area contributed by atoms with Crippen LogP contribution in [0.3, 0.4) is 0 Å². The van der Waals surface area contributed by atoms with Crippen molar-refractivity contribution in [3.63, 3.8) is 0 Å². The predicted octanol–water partition coefficient (Wildman–Crippen LogP) is 5.20. The summed E-state index contributed by atoms with van der Waals surface area (Å²) in [5, 5.41) is 46.0. The predicted molar refractivity (Wildman–Crippen MR) is 235 cm³/mol. The number of β-lactam (4-membered cyclic amide) rings is 1. The Bertz CT molecular complexity index is 2450. The van der Waals surface area contributed by atoms with Crippen LogP contribution in [0, 0.1) is 48.1 Å². The number of hydrogen-bond donors (Lipinski definition) is 2. The summed E-state index contributed by atoms with van der Waals surface area (Å²) in [5.41, 5.74) is 1.12. The van der Waals surface area contributed by atoms with Crippen LogP contribution in [0.4, 0.5) is 26.7 Å². The van der Waals surface area contributed by atoms with Crippen molar-refractivity contribution in [2.45, 2.75) is 76.4 Å². The number of alkyl carbamates (subject to hydrolysis) is 1. The molecule has 3 fully saturated rings. The van der Waals surface area contributed by atoms with Crippen LogP contribution in [0.2, 0.25) is 0 Å². The number of ether oxygens (including phenoxy) is 3. The highest BCUT2D eigenvalue weighted by Crippen LogP contribution is 2.52. The van der Waals surface area contributed by atoms with Gasteiger partial charge in [0, 0.05) is 78.7 Å². The number of rotatable bonds is 17. The highest BCUT2D eigenvalue weighted by Gasteiger charge is 2.61. The molecule has 4 aliphatic rings. The van der Waals surface area contributed by atoms with Gasteiger partial charge in [0.25, 0.3) is 17.1 Å². The molecule has 7 atom stereocenters. The van der Waals surface area contributed by atoms with Gasteiger partial charge in [0.2, 0.25) is 11.8 Å². The molecule has 2 N–H and O–H groups in total. The Morgan fingerprint density at radius 2 is 1.33 bits per heavy atom. The van der Waals surface area contributed by atoms with Gasteiger partial charge in [-0.1, -0.05) is 6.92 Å². The van der Waals surface area contributed by atoms with Gasteiger partial charge in [-0.05, 0) is 85.2 Å². The second kappa shape index (κ2) is 20.6. The number of nitro benzene ring substituents is 3. The van der Waals surface area contributed by atoms with Gasteiger partial charge in [-0.3, -0.25) is 44.8 Å². The van der Waals surface area contributed by atoms with Crippen molar-refractivity contribution >= 4 is 58.8 Å². The van der Waals surface area contributed by atoms with Crippen LogP contribution in [0.15, 0.2) is 83.4 Å². The highest BCUT2D eigenvalue weighted by molar-refractivity contribution is 8.03. The van der Waals surface area contributed by atoms with E-state index in [1.807, 2.05) is 6.92 Å². The number of hydrogen-bond acceptors (Lipinski definition) is 16. The summed E-state index contributed by atoms with van der Waals surface area (Å²) in [6.07, 6.45) is -1.23. The molecule has 22 nitrogen and oxygen atoms in total. The third kappa shape index (κ3) is 10.8. The molecule has 3 saturated heterocycles. The van der Waals surface area contributed by atoms with Crippen LogP contribution < -0.4 is 5.32 Å². The number of nitro groups is 3. The summed E-state index contributed by atoms with van der Waals surface area (Å²) in [6.45, 7) is 3.70. The lowest BCUT2D eigenvalue weighted by atomic mass is 9.79. The molecule has 354 valence electrons. The summed E-state index contributed by atoms with van der Waals surface area (Å²) >= 11 is 1.24. The van der Waals surface area contributed by atoms with Crippen LogP contribution in [0.5, 0.6) is 0 Å². The number of esters is 1. The average molecular weight is 946 g/mol. The van der Waals surface area contributed by atoms with Gasteiger partial charge in [-0.25, -0.2) is 14.4 Å². The van der Waals surface area contributed by atoms with Crippen molar-refractivity contribution < 1.29 is 58.1 Å². The quantitative estimate of drug-likeness (QED) is 0.0578. The molecule has 3 aromatic carbocycles. The number of nitrogens with zero attached hydrogens (tertiary/aromatic N) is 6. The molecule has 0 aliphatic carbocycles. The number of non-ortho nitro benzene ring substituents is 3. The summed E-state index contributed by atoms with van der Waals surface area (Å²) < 4.78 is 16.6. The van der Waals surface area contributed by atoms with Crippen molar-refractivity contribution in [2.75, 3.05) is 26.2 Å². The molecule has 0 bridgehead atoms. The molecule has 4 heterocycles. The minimum Gasteiger partial charge on any atom is -0.456 e. The Balaban J connectivity index is 1.03. The Kier molecular flexibility index (Phi) is 14.7. The fourth-order valence-electron chi connectivity index (χ4n) is 8.81. The first-order valence-electron chi connectivity index (χ1n) is 21.4. The molecule has 3 aromatic rings. The number of nitrogens with one attached hydrogen (secondary N) is 1. The van der Waals surface area contributed by atoms with E-state index in [0.29, 0.717) is 47.5 Å². The van der Waals surface area contributed by atoms with Crippen LogP contribution in [-0.2, 0) is 48.4 Å². The Labute approximate surface area is 386 Å². The molecule has 67 heavy (non-hydrogen) atoms. The number of amides is 4. The summed E-state index contributed by atoms with van der Waals surface area (Å²) in [5.74, 6) is -2.86. The Morgan fingerprint density at radius 3 is 1.85 bits per heavy atom. The van der Waals surface area contributed by atoms with E-state index in [1.54, 1.807) is 4.90 Å². The van der Waals surface area contributed by atoms with Crippen LogP contribution in [0.25, 0.3) is 0 Å². The third-order valence-corrected chi connectivity index (χ3v) is 13.8. The third-order valence-electron chi connectivity index (χ3n) is 12.3. The van der Waals surface area contributed by atoms with Gasteiger partial charge >= 0.3 is 18.2 Å². The zero-order valence-corrected chi connectivity index (χ0v) is 37.1. The summed E-state index contributed by atoms with van der Waals surface area (Å²) in [7, 11) is 0. The molecular formula is C44H47N7O15S. The summed E-state index contributed by atoms with van der Waals surface area (Å²) in [4.78, 5) is 104. The molecule has 23 heteroatoms. The smallest absolute Gasteiger partial charge is 0.410 e. The number of carbonyl (C=O) groups excluding carboxylic acids is 5. The average Bonchev–Trinajstić information content (AvgIpc) is 4.02. The number of thioether (sulfide) groups is 1. The number of aliphatic hydroxyl groups is 1. The first-order chi connectivity index (χ1) is 32.0. The van der Waals surface area contributed by atoms with Gasteiger partial charge in [0.05, 0.1) is 32.8 Å². The van der Waals surface area contributed by atoms with E-state index < -0.39 is 74.1 Å². The first kappa shape index (κ1) is 47.8. The minimum atomic E-state index is -1.02. The lowest BCUT2D eigenvalue weighted by Crippen LogP contribution is -2.63. The number of aliphatic hydroxyl groups excluding tert-OH is 1. The van der Waals surface area contributed by atoms with Crippen LogP contribution in [-0.4, -0.2) is 114 Å². The molecule has 0 spiro atoms. The topological polar surface area (TPSA) is 284 Å². The van der Waals surface area contributed by atoms with Gasteiger partial charge in [0.15, 0.2) is 0 Å². The molecule has 7 rings (SSSR count). The van der Waals surface area contributed by atoms with Gasteiger partial charge in [0.1, 0.15) is 31.6 Å². The summed E-state index contributed by atoms with van der Waals surface area (Å²) in [6, 6.07) is 15.0. The molecule has 0 radical (unpaired) electrons. The maximum absolute atomic E-state index is 14.4. The molecule has 0 saturated carbocycles. The number of fused-ring (bicyclic) bond motifs is 1. The second-order valence-corrected chi connectivity index (χ2v) is 18.1. The van der Waals surface area contributed by atoms with E-state index in [-0.39, 0.29) is 73.9 Å². The number of carbonyl (C=O) groups is 5. The van der Waals surface area contributed by atoms with Gasteiger partial charge < -0.3 is 34.4 Å². The SMILES string of the molecule is C[C@@H](O)[C@H]1C(=O)N2C(C(=O)OCc3ccc([N+](=O)[O-])cc3)=C(S[C@H]3C[C@@H](C(=O)N4CC[C@H](CCNC(=O)OCc5ccc([N+](=O)[O-])cc5)C4)N(C(=O)OCc4ccc([N+](=O)[O-])cc4)C3)[C@H](C)[C@H]12. The van der Waals surface area contributed by atoms with Crippen molar-refractivity contribution in [2.24, 2.45) is 17.8 Å². The highest BCUT2D eigenvalue weighted by atomic mass is 32.2. The fourth-order valence-corrected chi connectivity index (χ4v) is 10.3. The second-order valence-electron chi connectivity index (χ2n) is 16.7. The Morgan fingerprint density at radius 1 is 0.806 bits per heavy atom. The minimum absolute atomic E-state index is 0.000952. The largest absolute Gasteiger partial charge is 0.456 e. The number of likely N-dealkylation sites (tertiary alicyclic amines) is 2. The lowest BCUT2D eigenvalue weighted by molar-refractivity contribution is -0.385. The van der Waals surface area contributed by atoms with E-state index in [2.05, 4.69) is 5.32 Å². The van der Waals surface area contributed by atoms with E-state index in [4.69, 9.17) is 14.2 Å². The number of benzene rings is 3. The maximum Gasteiger partial charge on any atom is 0.410 e. The lowest BCUT2D eigenvalue weighted by Gasteiger charge is -2.46. The first-order valence-corrected chi connectivity index (χ1v) is 22.3. The fraction of sp³-hybridized carbons (Fsp3) is 0.432. The van der Waals surface area contributed by atoms with Crippen molar-refractivity contribution in [1.82, 2.24) is 20.0 Å². The maximum atomic E-state index is 14.4. The monoisotopic (exact) mass is 945 g/mol. The molecule has 0 aromatic heterocycles. The molecule has 4 aliphatic heterocycles. The zero-order valence-electron chi connectivity index (χ0n) is 36.3.